The Labute approximate surface area is 179 Å². The molecule has 26 heavy (non-hydrogen) atoms. The van der Waals surface area contributed by atoms with Gasteiger partial charge in [-0.3, -0.25) is 4.90 Å². The molecular weight excluding hydrogens is 479 g/mol. The largest absolute Gasteiger partial charge is 0.489 e. The van der Waals surface area contributed by atoms with Crippen molar-refractivity contribution < 1.29 is 4.74 Å². The van der Waals surface area contributed by atoms with Crippen LogP contribution in [0.25, 0.3) is 11.3 Å². The Balaban J connectivity index is 0.00000243. The smallest absolute Gasteiger partial charge is 0.143 e. The molecule has 2 heterocycles. The van der Waals surface area contributed by atoms with Gasteiger partial charge in [0.25, 0.3) is 0 Å². The third-order valence-corrected chi connectivity index (χ3v) is 5.80. The van der Waals surface area contributed by atoms with Crippen LogP contribution in [-0.4, -0.2) is 29.1 Å². The molecule has 1 aliphatic heterocycles. The van der Waals surface area contributed by atoms with Crippen LogP contribution in [0, 0.1) is 0 Å². The lowest BCUT2D eigenvalue weighted by Crippen LogP contribution is -2.32. The second-order valence-electron chi connectivity index (χ2n) is 7.03. The van der Waals surface area contributed by atoms with Crippen LogP contribution in [0.3, 0.4) is 0 Å². The first kappa shape index (κ1) is 21.8. The summed E-state index contributed by atoms with van der Waals surface area (Å²) in [5.74, 6) is 0.886. The van der Waals surface area contributed by atoms with Crippen molar-refractivity contribution in [2.24, 2.45) is 0 Å². The van der Waals surface area contributed by atoms with Crippen molar-refractivity contribution in [3.8, 4) is 17.0 Å². The number of hydrogen-bond acceptors (Lipinski definition) is 2. The van der Waals surface area contributed by atoms with Crippen LogP contribution in [0.5, 0.6) is 5.75 Å². The molecule has 2 aromatic rings. The van der Waals surface area contributed by atoms with Crippen LogP contribution in [0.15, 0.2) is 33.2 Å². The summed E-state index contributed by atoms with van der Waals surface area (Å²) < 4.78 is 8.07. The molecular formula is C20H27Br2ClN2O. The Morgan fingerprint density at radius 3 is 2.38 bits per heavy atom. The van der Waals surface area contributed by atoms with Gasteiger partial charge in [0.15, 0.2) is 0 Å². The summed E-state index contributed by atoms with van der Waals surface area (Å²) in [6, 6.07) is 8.93. The summed E-state index contributed by atoms with van der Waals surface area (Å²) in [7, 11) is 0. The first-order valence-corrected chi connectivity index (χ1v) is 10.6. The van der Waals surface area contributed by atoms with E-state index in [1.54, 1.807) is 0 Å². The molecule has 0 saturated carbocycles. The second kappa shape index (κ2) is 9.63. The predicted octanol–water partition coefficient (Wildman–Crippen LogP) is 6.96. The van der Waals surface area contributed by atoms with Gasteiger partial charge in [-0.2, -0.15) is 0 Å². The number of likely N-dealkylation sites (tertiary alicyclic amines) is 1. The average molecular weight is 507 g/mol. The fourth-order valence-electron chi connectivity index (χ4n) is 3.43. The molecule has 144 valence electrons. The quantitative estimate of drug-likeness (QED) is 0.475. The number of rotatable bonds is 5. The zero-order valence-electron chi connectivity index (χ0n) is 15.5. The molecule has 1 N–H and O–H groups in total. The van der Waals surface area contributed by atoms with Crippen LogP contribution < -0.4 is 4.74 Å². The van der Waals surface area contributed by atoms with Gasteiger partial charge in [-0.1, -0.05) is 22.4 Å². The first-order chi connectivity index (χ1) is 12.0. The monoisotopic (exact) mass is 504 g/mol. The topological polar surface area (TPSA) is 28.3 Å². The van der Waals surface area contributed by atoms with E-state index in [4.69, 9.17) is 4.74 Å². The highest BCUT2D eigenvalue weighted by Gasteiger charge is 2.21. The molecule has 1 unspecified atom stereocenters. The Bertz CT molecular complexity index is 727. The summed E-state index contributed by atoms with van der Waals surface area (Å²) in [4.78, 5) is 6.20. The van der Waals surface area contributed by atoms with Crippen molar-refractivity contribution in [2.45, 2.75) is 52.2 Å². The maximum absolute atomic E-state index is 6.07. The van der Waals surface area contributed by atoms with Crippen molar-refractivity contribution >= 4 is 44.3 Å². The normalized spacial score (nSPS) is 16.4. The summed E-state index contributed by atoms with van der Waals surface area (Å²) >= 11 is 7.25. The van der Waals surface area contributed by atoms with Gasteiger partial charge in [-0.05, 0) is 86.9 Å². The molecule has 3 rings (SSSR count). The van der Waals surface area contributed by atoms with Crippen molar-refractivity contribution in [1.82, 2.24) is 9.88 Å². The maximum atomic E-state index is 6.07. The van der Waals surface area contributed by atoms with Crippen LogP contribution in [0.1, 0.15) is 51.8 Å². The van der Waals surface area contributed by atoms with Gasteiger partial charge in [0.2, 0.25) is 0 Å². The molecule has 0 spiro atoms. The van der Waals surface area contributed by atoms with Gasteiger partial charge >= 0.3 is 0 Å². The molecule has 3 nitrogen and oxygen atoms in total. The van der Waals surface area contributed by atoms with Gasteiger partial charge in [0.1, 0.15) is 5.75 Å². The summed E-state index contributed by atoms with van der Waals surface area (Å²) in [5.41, 5.74) is 3.44. The van der Waals surface area contributed by atoms with Gasteiger partial charge in [-0.25, -0.2) is 0 Å². The van der Waals surface area contributed by atoms with Crippen molar-refractivity contribution in [2.75, 3.05) is 13.1 Å². The highest BCUT2D eigenvalue weighted by Crippen LogP contribution is 2.40. The number of aromatic nitrogens is 1. The predicted molar refractivity (Wildman–Crippen MR) is 118 cm³/mol. The maximum Gasteiger partial charge on any atom is 0.143 e. The van der Waals surface area contributed by atoms with Crippen molar-refractivity contribution in [1.29, 1.82) is 0 Å². The van der Waals surface area contributed by atoms with E-state index in [9.17, 15) is 0 Å². The molecule has 0 radical (unpaired) electrons. The fourth-order valence-corrected chi connectivity index (χ4v) is 4.75. The van der Waals surface area contributed by atoms with E-state index >= 15 is 0 Å². The standard InChI is InChI=1S/C20H26Br2N2O.ClH/c1-13(2)25-20-16(11-15(21)12-17(20)22)19-8-7-18(23-19)14(3)24-9-5-4-6-10-24;/h7-8,11-14,23H,4-6,9-10H2,1-3H3;1H. The van der Waals surface area contributed by atoms with Crippen LogP contribution in [-0.2, 0) is 0 Å². The summed E-state index contributed by atoms with van der Waals surface area (Å²) in [6.45, 7) is 8.79. The Kier molecular flexibility index (Phi) is 8.08. The zero-order chi connectivity index (χ0) is 18.0. The lowest BCUT2D eigenvalue weighted by molar-refractivity contribution is 0.172. The first-order valence-electron chi connectivity index (χ1n) is 9.04. The molecule has 0 bridgehead atoms. The zero-order valence-corrected chi connectivity index (χ0v) is 19.5. The van der Waals surface area contributed by atoms with Gasteiger partial charge in [0.05, 0.1) is 10.6 Å². The number of halogens is 3. The molecule has 1 saturated heterocycles. The number of aromatic amines is 1. The number of nitrogens with zero attached hydrogens (tertiary/aromatic N) is 1. The molecule has 6 heteroatoms. The number of ether oxygens (including phenoxy) is 1. The lowest BCUT2D eigenvalue weighted by atomic mass is 10.1. The Hall–Kier alpha value is -0.490. The van der Waals surface area contributed by atoms with Crippen LogP contribution in [0.2, 0.25) is 0 Å². The third-order valence-electron chi connectivity index (χ3n) is 4.75. The summed E-state index contributed by atoms with van der Waals surface area (Å²) in [5, 5.41) is 0. The molecule has 1 aliphatic rings. The molecule has 1 fully saturated rings. The highest BCUT2D eigenvalue weighted by molar-refractivity contribution is 9.11. The molecule has 1 atom stereocenters. The minimum atomic E-state index is 0. The second-order valence-corrected chi connectivity index (χ2v) is 8.80. The number of H-pyrrole nitrogens is 1. The van der Waals surface area contributed by atoms with Gasteiger partial charge in [-0.15, -0.1) is 12.4 Å². The van der Waals surface area contributed by atoms with Crippen LogP contribution >= 0.6 is 44.3 Å². The third kappa shape index (κ3) is 5.06. The van der Waals surface area contributed by atoms with Crippen molar-refractivity contribution in [3.05, 3.63) is 38.9 Å². The molecule has 1 aromatic carbocycles. The van der Waals surface area contributed by atoms with Crippen LogP contribution in [0.4, 0.5) is 0 Å². The number of hydrogen-bond donors (Lipinski definition) is 1. The highest BCUT2D eigenvalue weighted by atomic mass is 79.9. The minimum Gasteiger partial charge on any atom is -0.489 e. The molecule has 0 amide bonds. The van der Waals surface area contributed by atoms with E-state index in [1.165, 1.54) is 38.0 Å². The number of piperidine rings is 1. The van der Waals surface area contributed by atoms with Crippen molar-refractivity contribution in [3.63, 3.8) is 0 Å². The van der Waals surface area contributed by atoms with E-state index in [0.717, 1.165) is 26.0 Å². The van der Waals surface area contributed by atoms with E-state index in [1.807, 2.05) is 6.07 Å². The van der Waals surface area contributed by atoms with E-state index in [2.05, 4.69) is 80.7 Å². The number of nitrogens with one attached hydrogen (secondary N) is 1. The summed E-state index contributed by atoms with van der Waals surface area (Å²) in [6.07, 6.45) is 4.10. The van der Waals surface area contributed by atoms with Gasteiger partial charge in [0, 0.05) is 27.5 Å². The molecule has 1 aromatic heterocycles. The van der Waals surface area contributed by atoms with E-state index < -0.39 is 0 Å². The Morgan fingerprint density at radius 2 is 1.73 bits per heavy atom. The molecule has 0 aliphatic carbocycles. The minimum absolute atomic E-state index is 0. The van der Waals surface area contributed by atoms with E-state index in [-0.39, 0.29) is 18.5 Å². The SMILES string of the molecule is CC(C)Oc1c(Br)cc(Br)cc1-c1ccc(C(C)N2CCCCC2)[nH]1.Cl. The fraction of sp³-hybridized carbons (Fsp3) is 0.500. The number of benzene rings is 1. The lowest BCUT2D eigenvalue weighted by Gasteiger charge is -2.31. The average Bonchev–Trinajstić information content (AvgIpc) is 3.07. The van der Waals surface area contributed by atoms with Gasteiger partial charge < -0.3 is 9.72 Å². The van der Waals surface area contributed by atoms with E-state index in [0.29, 0.717) is 6.04 Å². The Morgan fingerprint density at radius 1 is 1.04 bits per heavy atom.